The maximum Gasteiger partial charge on any atom is 0.223 e. The summed E-state index contributed by atoms with van der Waals surface area (Å²) >= 11 is 0. The summed E-state index contributed by atoms with van der Waals surface area (Å²) in [5, 5.41) is 3.05. The highest BCUT2D eigenvalue weighted by Crippen LogP contribution is 2.45. The predicted molar refractivity (Wildman–Crippen MR) is 80.6 cm³/mol. The molecule has 21 heavy (non-hydrogen) atoms. The van der Waals surface area contributed by atoms with Crippen LogP contribution in [0.5, 0.6) is 0 Å². The fourth-order valence-corrected chi connectivity index (χ4v) is 3.84. The Hall–Kier alpha value is -1.10. The SMILES string of the molecule is COCCN1C(=O)C[C@H]2[C@H](CNC(=O)C(C)C)[C@@H](C)C[C@H]21. The zero-order valence-corrected chi connectivity index (χ0v) is 13.6. The van der Waals surface area contributed by atoms with Gasteiger partial charge in [-0.2, -0.15) is 0 Å². The molecule has 1 saturated carbocycles. The molecule has 2 fully saturated rings. The Morgan fingerprint density at radius 3 is 2.81 bits per heavy atom. The minimum Gasteiger partial charge on any atom is -0.383 e. The first-order valence-corrected chi connectivity index (χ1v) is 8.01. The van der Waals surface area contributed by atoms with Crippen molar-refractivity contribution in [2.45, 2.75) is 39.7 Å². The maximum atomic E-state index is 12.2. The molecule has 2 rings (SSSR count). The van der Waals surface area contributed by atoms with Crippen LogP contribution in [0.3, 0.4) is 0 Å². The summed E-state index contributed by atoms with van der Waals surface area (Å²) in [5.41, 5.74) is 0. The van der Waals surface area contributed by atoms with Gasteiger partial charge in [0.1, 0.15) is 0 Å². The summed E-state index contributed by atoms with van der Waals surface area (Å²) < 4.78 is 5.11. The third-order valence-electron chi connectivity index (χ3n) is 5.09. The second kappa shape index (κ2) is 6.77. The van der Waals surface area contributed by atoms with Gasteiger partial charge in [-0.25, -0.2) is 0 Å². The molecular formula is C16H28N2O3. The van der Waals surface area contributed by atoms with Crippen molar-refractivity contribution < 1.29 is 14.3 Å². The summed E-state index contributed by atoms with van der Waals surface area (Å²) in [5.74, 6) is 1.71. The van der Waals surface area contributed by atoms with Crippen molar-refractivity contribution in [3.05, 3.63) is 0 Å². The van der Waals surface area contributed by atoms with Crippen LogP contribution in [-0.4, -0.2) is 49.6 Å². The second-order valence-corrected chi connectivity index (χ2v) is 6.79. The molecule has 1 heterocycles. The largest absolute Gasteiger partial charge is 0.383 e. The monoisotopic (exact) mass is 296 g/mol. The number of nitrogens with zero attached hydrogens (tertiary/aromatic N) is 1. The van der Waals surface area contributed by atoms with Crippen molar-refractivity contribution in [1.82, 2.24) is 10.2 Å². The number of rotatable bonds is 6. The predicted octanol–water partition coefficient (Wildman–Crippen LogP) is 1.28. The molecule has 1 N–H and O–H groups in total. The minimum absolute atomic E-state index is 0.0147. The smallest absolute Gasteiger partial charge is 0.223 e. The lowest BCUT2D eigenvalue weighted by Gasteiger charge is -2.24. The van der Waals surface area contributed by atoms with E-state index in [0.29, 0.717) is 49.9 Å². The standard InChI is InChI=1S/C16H28N2O3/c1-10(2)16(20)17-9-13-11(3)7-14-12(13)8-15(19)18(14)5-6-21-4/h10-14H,5-9H2,1-4H3,(H,17,20)/t11-,12-,13+,14+/m0/s1. The molecular weight excluding hydrogens is 268 g/mol. The minimum atomic E-state index is 0.0147. The van der Waals surface area contributed by atoms with Gasteiger partial charge in [0.05, 0.1) is 6.61 Å². The van der Waals surface area contributed by atoms with Crippen molar-refractivity contribution in [1.29, 1.82) is 0 Å². The summed E-state index contributed by atoms with van der Waals surface area (Å²) in [6.07, 6.45) is 1.67. The van der Waals surface area contributed by atoms with Gasteiger partial charge >= 0.3 is 0 Å². The van der Waals surface area contributed by atoms with E-state index in [4.69, 9.17) is 4.74 Å². The highest BCUT2D eigenvalue weighted by atomic mass is 16.5. The van der Waals surface area contributed by atoms with E-state index in [1.165, 1.54) is 0 Å². The van der Waals surface area contributed by atoms with Crippen molar-refractivity contribution >= 4 is 11.8 Å². The average Bonchev–Trinajstić information content (AvgIpc) is 2.88. The number of fused-ring (bicyclic) bond motifs is 1. The Morgan fingerprint density at radius 2 is 2.19 bits per heavy atom. The van der Waals surface area contributed by atoms with Crippen LogP contribution in [0.4, 0.5) is 0 Å². The summed E-state index contributed by atoms with van der Waals surface area (Å²) in [6, 6.07) is 0.337. The van der Waals surface area contributed by atoms with E-state index in [-0.39, 0.29) is 17.7 Å². The van der Waals surface area contributed by atoms with E-state index in [1.54, 1.807) is 7.11 Å². The van der Waals surface area contributed by atoms with Crippen LogP contribution in [-0.2, 0) is 14.3 Å². The van der Waals surface area contributed by atoms with Gasteiger partial charge in [-0.3, -0.25) is 9.59 Å². The summed E-state index contributed by atoms with van der Waals surface area (Å²) in [6.45, 7) is 8.03. The molecule has 0 bridgehead atoms. The molecule has 2 amide bonds. The first-order chi connectivity index (χ1) is 9.95. The third-order valence-corrected chi connectivity index (χ3v) is 5.09. The topological polar surface area (TPSA) is 58.6 Å². The van der Waals surface area contributed by atoms with Gasteiger partial charge in [0.15, 0.2) is 0 Å². The highest BCUT2D eigenvalue weighted by Gasteiger charge is 2.50. The normalized spacial score (nSPS) is 31.9. The van der Waals surface area contributed by atoms with Crippen LogP contribution < -0.4 is 5.32 Å². The first kappa shape index (κ1) is 16.3. The molecule has 0 unspecified atom stereocenters. The second-order valence-electron chi connectivity index (χ2n) is 6.79. The molecule has 0 aromatic heterocycles. The molecule has 1 saturated heterocycles. The van der Waals surface area contributed by atoms with Crippen LogP contribution in [0.2, 0.25) is 0 Å². The van der Waals surface area contributed by atoms with Crippen LogP contribution in [0.15, 0.2) is 0 Å². The van der Waals surface area contributed by atoms with Gasteiger partial charge in [0, 0.05) is 38.6 Å². The summed E-state index contributed by atoms with van der Waals surface area (Å²) in [7, 11) is 1.67. The maximum absolute atomic E-state index is 12.2. The van der Waals surface area contributed by atoms with Crippen molar-refractivity contribution in [2.24, 2.45) is 23.7 Å². The first-order valence-electron chi connectivity index (χ1n) is 8.01. The number of hydrogen-bond donors (Lipinski definition) is 1. The molecule has 1 aliphatic carbocycles. The van der Waals surface area contributed by atoms with Gasteiger partial charge in [0.2, 0.25) is 11.8 Å². The Balaban J connectivity index is 1.96. The Morgan fingerprint density at radius 1 is 1.48 bits per heavy atom. The van der Waals surface area contributed by atoms with E-state index in [2.05, 4.69) is 12.2 Å². The molecule has 0 aromatic carbocycles. The number of hydrogen-bond acceptors (Lipinski definition) is 3. The van der Waals surface area contributed by atoms with Crippen LogP contribution >= 0.6 is 0 Å². The number of nitrogens with one attached hydrogen (secondary N) is 1. The molecule has 0 aromatic rings. The van der Waals surface area contributed by atoms with E-state index >= 15 is 0 Å². The number of methoxy groups -OCH3 is 1. The van der Waals surface area contributed by atoms with E-state index in [1.807, 2.05) is 18.7 Å². The van der Waals surface area contributed by atoms with Gasteiger partial charge < -0.3 is 15.0 Å². The van der Waals surface area contributed by atoms with Crippen molar-refractivity contribution in [3.63, 3.8) is 0 Å². The number of ether oxygens (including phenoxy) is 1. The van der Waals surface area contributed by atoms with Crippen molar-refractivity contribution in [3.8, 4) is 0 Å². The zero-order chi connectivity index (χ0) is 15.6. The van der Waals surface area contributed by atoms with Crippen LogP contribution in [0, 0.1) is 23.7 Å². The van der Waals surface area contributed by atoms with E-state index in [9.17, 15) is 9.59 Å². The lowest BCUT2D eigenvalue weighted by molar-refractivity contribution is -0.129. The molecule has 120 valence electrons. The Kier molecular flexibility index (Phi) is 5.25. The molecule has 4 atom stereocenters. The third kappa shape index (κ3) is 3.39. The van der Waals surface area contributed by atoms with Gasteiger partial charge in [-0.1, -0.05) is 20.8 Å². The highest BCUT2D eigenvalue weighted by molar-refractivity contribution is 5.80. The molecule has 1 aliphatic heterocycles. The van der Waals surface area contributed by atoms with Gasteiger partial charge in [-0.15, -0.1) is 0 Å². The average molecular weight is 296 g/mol. The molecule has 5 heteroatoms. The quantitative estimate of drug-likeness (QED) is 0.803. The van der Waals surface area contributed by atoms with Gasteiger partial charge in [-0.05, 0) is 24.2 Å². The lowest BCUT2D eigenvalue weighted by Crippen LogP contribution is -2.37. The van der Waals surface area contributed by atoms with Gasteiger partial charge in [0.25, 0.3) is 0 Å². The fourth-order valence-electron chi connectivity index (χ4n) is 3.84. The zero-order valence-electron chi connectivity index (χ0n) is 13.6. The van der Waals surface area contributed by atoms with Crippen LogP contribution in [0.25, 0.3) is 0 Å². The molecule has 0 radical (unpaired) electrons. The van der Waals surface area contributed by atoms with Crippen molar-refractivity contribution in [2.75, 3.05) is 26.8 Å². The lowest BCUT2D eigenvalue weighted by atomic mass is 9.88. The number of amides is 2. The van der Waals surface area contributed by atoms with E-state index < -0.39 is 0 Å². The number of carbonyl (C=O) groups excluding carboxylic acids is 2. The molecule has 0 spiro atoms. The number of likely N-dealkylation sites (tertiary alicyclic amines) is 1. The fraction of sp³-hybridized carbons (Fsp3) is 0.875. The number of carbonyl (C=O) groups is 2. The molecule has 2 aliphatic rings. The Labute approximate surface area is 127 Å². The van der Waals surface area contributed by atoms with E-state index in [0.717, 1.165) is 6.42 Å². The molecule has 5 nitrogen and oxygen atoms in total. The van der Waals surface area contributed by atoms with Crippen LogP contribution in [0.1, 0.15) is 33.6 Å². The Bertz CT molecular complexity index is 397. The summed E-state index contributed by atoms with van der Waals surface area (Å²) in [4.78, 5) is 25.9.